The van der Waals surface area contributed by atoms with Crippen LogP contribution in [0.1, 0.15) is 32.8 Å². The highest BCUT2D eigenvalue weighted by Crippen LogP contribution is 2.33. The quantitative estimate of drug-likeness (QED) is 0.751. The molecular weight excluding hydrogens is 274 g/mol. The molecule has 0 bridgehead atoms. The number of likely N-dealkylation sites (tertiary alicyclic amines) is 1. The Kier molecular flexibility index (Phi) is 5.78. The van der Waals surface area contributed by atoms with Crippen molar-refractivity contribution in [1.29, 1.82) is 0 Å². The highest BCUT2D eigenvalue weighted by molar-refractivity contribution is 5.82. The van der Waals surface area contributed by atoms with E-state index in [4.69, 9.17) is 4.74 Å². The summed E-state index contributed by atoms with van der Waals surface area (Å²) in [5.41, 5.74) is 1.10. The zero-order valence-electron chi connectivity index (χ0n) is 13.9. The van der Waals surface area contributed by atoms with Gasteiger partial charge in [-0.1, -0.05) is 57.2 Å². The summed E-state index contributed by atoms with van der Waals surface area (Å²) in [5.74, 6) is 0.749. The van der Waals surface area contributed by atoms with E-state index in [1.54, 1.807) is 6.08 Å². The third-order valence-corrected chi connectivity index (χ3v) is 4.86. The van der Waals surface area contributed by atoms with E-state index >= 15 is 0 Å². The standard InChI is InChI=1S/C19H27NO2/c1-5-12-20-17(6-2)14(3)15(4)18(19(20)21)22-13-16-10-8-7-9-11-16/h5,7-11,14-15,17-18H,1,6,12-13H2,2-4H3. The Morgan fingerprint density at radius 1 is 1.23 bits per heavy atom. The zero-order chi connectivity index (χ0) is 16.1. The van der Waals surface area contributed by atoms with Crippen LogP contribution in [-0.4, -0.2) is 29.5 Å². The molecule has 1 aliphatic rings. The van der Waals surface area contributed by atoms with Crippen LogP contribution in [0.25, 0.3) is 0 Å². The van der Waals surface area contributed by atoms with Crippen LogP contribution >= 0.6 is 0 Å². The molecule has 4 unspecified atom stereocenters. The molecule has 0 radical (unpaired) electrons. The molecule has 3 heteroatoms. The summed E-state index contributed by atoms with van der Waals surface area (Å²) in [6.07, 6.45) is 2.41. The summed E-state index contributed by atoms with van der Waals surface area (Å²) < 4.78 is 6.01. The lowest BCUT2D eigenvalue weighted by molar-refractivity contribution is -0.163. The zero-order valence-corrected chi connectivity index (χ0v) is 13.9. The summed E-state index contributed by atoms with van der Waals surface area (Å²) in [4.78, 5) is 14.8. The van der Waals surface area contributed by atoms with Gasteiger partial charge in [0.15, 0.2) is 0 Å². The van der Waals surface area contributed by atoms with Crippen LogP contribution < -0.4 is 0 Å². The molecule has 1 aliphatic heterocycles. The van der Waals surface area contributed by atoms with Gasteiger partial charge in [0, 0.05) is 12.6 Å². The Balaban J connectivity index is 2.12. The topological polar surface area (TPSA) is 29.5 Å². The lowest BCUT2D eigenvalue weighted by atomic mass is 9.78. The predicted molar refractivity (Wildman–Crippen MR) is 89.3 cm³/mol. The van der Waals surface area contributed by atoms with Gasteiger partial charge in [-0.05, 0) is 23.8 Å². The van der Waals surface area contributed by atoms with E-state index in [1.807, 2.05) is 35.2 Å². The van der Waals surface area contributed by atoms with Crippen LogP contribution in [0.4, 0.5) is 0 Å². The first-order valence-corrected chi connectivity index (χ1v) is 8.17. The highest BCUT2D eigenvalue weighted by atomic mass is 16.5. The minimum atomic E-state index is -0.363. The minimum absolute atomic E-state index is 0.105. The summed E-state index contributed by atoms with van der Waals surface area (Å²) >= 11 is 0. The molecule has 1 aromatic carbocycles. The third kappa shape index (κ3) is 3.41. The van der Waals surface area contributed by atoms with Crippen LogP contribution in [-0.2, 0) is 16.1 Å². The lowest BCUT2D eigenvalue weighted by Gasteiger charge is -2.46. The predicted octanol–water partition coefficient (Wildman–Crippen LogP) is 3.65. The van der Waals surface area contributed by atoms with Crippen LogP contribution in [0.2, 0.25) is 0 Å². The Bertz CT molecular complexity index is 499. The van der Waals surface area contributed by atoms with Gasteiger partial charge in [-0.15, -0.1) is 6.58 Å². The number of benzene rings is 1. The lowest BCUT2D eigenvalue weighted by Crippen LogP contribution is -2.58. The second kappa shape index (κ2) is 7.59. The molecule has 22 heavy (non-hydrogen) atoms. The van der Waals surface area contributed by atoms with Gasteiger partial charge >= 0.3 is 0 Å². The molecule has 4 atom stereocenters. The molecule has 1 fully saturated rings. The summed E-state index contributed by atoms with van der Waals surface area (Å²) in [6, 6.07) is 10.3. The SMILES string of the molecule is C=CCN1C(=O)C(OCc2ccccc2)C(C)C(C)C1CC. The molecule has 120 valence electrons. The van der Waals surface area contributed by atoms with E-state index in [2.05, 4.69) is 27.4 Å². The first-order valence-electron chi connectivity index (χ1n) is 8.17. The molecule has 0 spiro atoms. The number of carbonyl (C=O) groups excluding carboxylic acids is 1. The summed E-state index contributed by atoms with van der Waals surface area (Å²) in [7, 11) is 0. The second-order valence-electron chi connectivity index (χ2n) is 6.19. The molecule has 1 amide bonds. The Labute approximate surface area is 134 Å². The van der Waals surface area contributed by atoms with Gasteiger partial charge in [0.2, 0.25) is 0 Å². The molecule has 2 rings (SSSR count). The fourth-order valence-corrected chi connectivity index (χ4v) is 3.40. The molecule has 0 aromatic heterocycles. The van der Waals surface area contributed by atoms with E-state index in [0.29, 0.717) is 19.1 Å². The second-order valence-corrected chi connectivity index (χ2v) is 6.19. The molecule has 3 nitrogen and oxygen atoms in total. The third-order valence-electron chi connectivity index (χ3n) is 4.86. The Hall–Kier alpha value is -1.61. The number of hydrogen-bond donors (Lipinski definition) is 0. The minimum Gasteiger partial charge on any atom is -0.363 e. The number of nitrogens with zero attached hydrogens (tertiary/aromatic N) is 1. The molecule has 1 heterocycles. The number of carbonyl (C=O) groups is 1. The van der Waals surface area contributed by atoms with Crippen molar-refractivity contribution < 1.29 is 9.53 Å². The number of piperidine rings is 1. The van der Waals surface area contributed by atoms with Gasteiger partial charge < -0.3 is 9.64 Å². The van der Waals surface area contributed by atoms with Crippen LogP contribution in [0.5, 0.6) is 0 Å². The maximum Gasteiger partial charge on any atom is 0.252 e. The average molecular weight is 301 g/mol. The summed E-state index contributed by atoms with van der Waals surface area (Å²) in [6.45, 7) is 11.4. The summed E-state index contributed by atoms with van der Waals surface area (Å²) in [5, 5.41) is 0. The Morgan fingerprint density at radius 2 is 1.91 bits per heavy atom. The van der Waals surface area contributed by atoms with Crippen molar-refractivity contribution in [3.05, 3.63) is 48.6 Å². The number of rotatable bonds is 6. The normalized spacial score (nSPS) is 28.7. The largest absolute Gasteiger partial charge is 0.363 e. The van der Waals surface area contributed by atoms with Gasteiger partial charge in [0.05, 0.1) is 6.61 Å². The van der Waals surface area contributed by atoms with Crippen LogP contribution in [0.3, 0.4) is 0 Å². The fourth-order valence-electron chi connectivity index (χ4n) is 3.40. The van der Waals surface area contributed by atoms with Crippen molar-refractivity contribution in [3.8, 4) is 0 Å². The first-order chi connectivity index (χ1) is 10.6. The monoisotopic (exact) mass is 301 g/mol. The van der Waals surface area contributed by atoms with Crippen LogP contribution in [0, 0.1) is 11.8 Å². The number of ether oxygens (including phenoxy) is 1. The molecule has 1 aromatic rings. The molecule has 0 N–H and O–H groups in total. The maximum absolute atomic E-state index is 12.8. The van der Waals surface area contributed by atoms with Crippen molar-refractivity contribution in [2.45, 2.75) is 45.9 Å². The van der Waals surface area contributed by atoms with Gasteiger partial charge in [-0.3, -0.25) is 4.79 Å². The Morgan fingerprint density at radius 3 is 2.50 bits per heavy atom. The number of amides is 1. The van der Waals surface area contributed by atoms with Gasteiger partial charge in [0.25, 0.3) is 5.91 Å². The van der Waals surface area contributed by atoms with Crippen LogP contribution in [0.15, 0.2) is 43.0 Å². The van der Waals surface area contributed by atoms with Crippen molar-refractivity contribution in [2.24, 2.45) is 11.8 Å². The average Bonchev–Trinajstić information content (AvgIpc) is 2.54. The van der Waals surface area contributed by atoms with E-state index in [9.17, 15) is 4.79 Å². The molecule has 1 saturated heterocycles. The van der Waals surface area contributed by atoms with E-state index in [1.165, 1.54) is 0 Å². The van der Waals surface area contributed by atoms with E-state index < -0.39 is 0 Å². The smallest absolute Gasteiger partial charge is 0.252 e. The van der Waals surface area contributed by atoms with Gasteiger partial charge in [-0.2, -0.15) is 0 Å². The van der Waals surface area contributed by atoms with E-state index in [0.717, 1.165) is 12.0 Å². The van der Waals surface area contributed by atoms with Crippen molar-refractivity contribution in [1.82, 2.24) is 4.90 Å². The van der Waals surface area contributed by atoms with Crippen molar-refractivity contribution in [2.75, 3.05) is 6.54 Å². The highest BCUT2D eigenvalue weighted by Gasteiger charge is 2.43. The maximum atomic E-state index is 12.8. The van der Waals surface area contributed by atoms with Gasteiger partial charge in [-0.25, -0.2) is 0 Å². The van der Waals surface area contributed by atoms with Gasteiger partial charge in [0.1, 0.15) is 6.10 Å². The fraction of sp³-hybridized carbons (Fsp3) is 0.526. The first kappa shape index (κ1) is 16.8. The molecule has 0 saturated carbocycles. The molecular formula is C19H27NO2. The van der Waals surface area contributed by atoms with Crippen molar-refractivity contribution >= 4 is 5.91 Å². The molecule has 0 aliphatic carbocycles. The van der Waals surface area contributed by atoms with Crippen molar-refractivity contribution in [3.63, 3.8) is 0 Å². The van der Waals surface area contributed by atoms with E-state index in [-0.39, 0.29) is 24.0 Å². The number of hydrogen-bond acceptors (Lipinski definition) is 2.